The van der Waals surface area contributed by atoms with Gasteiger partial charge in [-0.15, -0.1) is 0 Å². The number of carbonyl (C=O) groups is 1. The standard InChI is InChI=1S/C18H25N6O11P/c1-6-7(3-8(25)10(19)17(29)30)24-15(28)11-14(22(2)18(24)21-6)23(5-20-11)16-13(27)12(26)9(35-16)4-34-36(31,32)33/h5,8-10,12-13,16,25-27H,3-4,19H2,1-2H3,(H,29,30)(H2,31,32,33)/t8?,9-,10+,12-,13-,16-/m1/s1. The first kappa shape index (κ1) is 26.3. The third kappa shape index (κ3) is 4.45. The Bertz CT molecular complexity index is 1430. The molecule has 18 heteroatoms. The Morgan fingerprint density at radius 3 is 2.61 bits per heavy atom. The zero-order chi connectivity index (χ0) is 26.7. The van der Waals surface area contributed by atoms with E-state index in [-0.39, 0.29) is 29.1 Å². The second kappa shape index (κ2) is 9.29. The number of nitrogens with zero attached hydrogens (tertiary/aromatic N) is 5. The lowest BCUT2D eigenvalue weighted by Crippen LogP contribution is -2.43. The second-order valence-electron chi connectivity index (χ2n) is 8.44. The molecule has 0 radical (unpaired) electrons. The number of aromatic nitrogens is 5. The molecule has 6 atom stereocenters. The highest BCUT2D eigenvalue weighted by Gasteiger charge is 2.45. The predicted molar refractivity (Wildman–Crippen MR) is 118 cm³/mol. The highest BCUT2D eigenvalue weighted by atomic mass is 31.2. The number of nitrogens with two attached hydrogens (primary N) is 1. The van der Waals surface area contributed by atoms with E-state index < -0.39 is 62.6 Å². The summed E-state index contributed by atoms with van der Waals surface area (Å²) < 4.78 is 24.8. The van der Waals surface area contributed by atoms with Crippen molar-refractivity contribution in [3.05, 3.63) is 28.1 Å². The first-order chi connectivity index (χ1) is 16.7. The summed E-state index contributed by atoms with van der Waals surface area (Å²) in [5.41, 5.74) is 5.45. The van der Waals surface area contributed by atoms with Crippen molar-refractivity contribution >= 4 is 30.7 Å². The van der Waals surface area contributed by atoms with Crippen LogP contribution in [0.3, 0.4) is 0 Å². The molecule has 0 saturated carbocycles. The summed E-state index contributed by atoms with van der Waals surface area (Å²) in [5, 5.41) is 40.1. The van der Waals surface area contributed by atoms with Crippen molar-refractivity contribution in [2.45, 2.75) is 50.0 Å². The fraction of sp³-hybridized carbons (Fsp3) is 0.556. The number of aliphatic hydroxyl groups excluding tert-OH is 3. The van der Waals surface area contributed by atoms with Crippen LogP contribution >= 0.6 is 7.82 Å². The number of hydrogen-bond donors (Lipinski definition) is 7. The minimum absolute atomic E-state index is 0.0964. The molecule has 36 heavy (non-hydrogen) atoms. The highest BCUT2D eigenvalue weighted by molar-refractivity contribution is 7.46. The number of aliphatic carboxylic acids is 1. The van der Waals surface area contributed by atoms with Crippen molar-refractivity contribution in [3.63, 3.8) is 0 Å². The normalized spacial score (nSPS) is 24.6. The molecular formula is C18H25N6O11P. The van der Waals surface area contributed by atoms with E-state index in [2.05, 4.69) is 14.5 Å². The number of fused-ring (bicyclic) bond motifs is 2. The van der Waals surface area contributed by atoms with Crippen LogP contribution in [0.4, 0.5) is 0 Å². The van der Waals surface area contributed by atoms with E-state index in [0.29, 0.717) is 5.69 Å². The van der Waals surface area contributed by atoms with E-state index in [0.717, 1.165) is 0 Å². The molecule has 3 aromatic heterocycles. The lowest BCUT2D eigenvalue weighted by Gasteiger charge is -2.19. The molecule has 0 bridgehead atoms. The van der Waals surface area contributed by atoms with E-state index in [1.165, 1.54) is 26.9 Å². The van der Waals surface area contributed by atoms with Gasteiger partial charge in [0.2, 0.25) is 5.78 Å². The fourth-order valence-electron chi connectivity index (χ4n) is 4.21. The smallest absolute Gasteiger partial charge is 0.469 e. The number of phosphoric acid groups is 1. The van der Waals surface area contributed by atoms with Gasteiger partial charge in [0.1, 0.15) is 24.4 Å². The second-order valence-corrected chi connectivity index (χ2v) is 9.68. The number of carboxylic acids is 1. The van der Waals surface area contributed by atoms with E-state index in [9.17, 15) is 29.5 Å². The summed E-state index contributed by atoms with van der Waals surface area (Å²) in [5.74, 6) is -1.31. The van der Waals surface area contributed by atoms with Crippen LogP contribution in [0.1, 0.15) is 17.6 Å². The van der Waals surface area contributed by atoms with E-state index in [1.54, 1.807) is 6.92 Å². The van der Waals surface area contributed by atoms with Crippen LogP contribution in [0.5, 0.6) is 0 Å². The number of ether oxygens (including phenoxy) is 1. The number of aryl methyl sites for hydroxylation is 2. The first-order valence-electron chi connectivity index (χ1n) is 10.5. The van der Waals surface area contributed by atoms with Crippen LogP contribution in [-0.4, -0.2) is 96.7 Å². The molecule has 1 aliphatic rings. The monoisotopic (exact) mass is 532 g/mol. The Kier molecular flexibility index (Phi) is 6.80. The molecular weight excluding hydrogens is 507 g/mol. The van der Waals surface area contributed by atoms with Crippen LogP contribution in [0, 0.1) is 6.92 Å². The molecule has 3 aromatic rings. The SMILES string of the molecule is Cc1nc2n(C)c3c(ncn3[C@@H]3O[C@H](COP(=O)(O)O)[C@@H](O)[C@H]3O)c(=O)n2c1CC(O)[C@H](N)C(=O)O. The van der Waals surface area contributed by atoms with Gasteiger partial charge in [-0.2, -0.15) is 0 Å². The number of phosphoric ester groups is 1. The average Bonchev–Trinajstić information content (AvgIpc) is 3.45. The molecule has 1 aliphatic heterocycles. The molecule has 1 unspecified atom stereocenters. The van der Waals surface area contributed by atoms with Crippen LogP contribution in [0.15, 0.2) is 11.1 Å². The number of imidazole rings is 2. The molecule has 0 spiro atoms. The highest BCUT2D eigenvalue weighted by Crippen LogP contribution is 2.38. The van der Waals surface area contributed by atoms with Gasteiger partial charge in [-0.25, -0.2) is 18.9 Å². The van der Waals surface area contributed by atoms with Gasteiger partial charge in [-0.3, -0.25) is 23.2 Å². The Hall–Kier alpha value is -2.73. The number of rotatable bonds is 8. The van der Waals surface area contributed by atoms with Gasteiger partial charge < -0.3 is 40.7 Å². The van der Waals surface area contributed by atoms with Crippen molar-refractivity contribution in [1.29, 1.82) is 0 Å². The quantitative estimate of drug-likeness (QED) is 0.141. The Morgan fingerprint density at radius 2 is 2.00 bits per heavy atom. The van der Waals surface area contributed by atoms with Crippen LogP contribution in [-0.2, 0) is 32.1 Å². The van der Waals surface area contributed by atoms with Gasteiger partial charge in [0, 0.05) is 13.5 Å². The predicted octanol–water partition coefficient (Wildman–Crippen LogP) is -3.27. The van der Waals surface area contributed by atoms with Crippen LogP contribution < -0.4 is 11.3 Å². The minimum atomic E-state index is -4.86. The number of aliphatic hydroxyl groups is 3. The molecule has 4 heterocycles. The number of carboxylic acid groups (broad SMARTS) is 1. The molecule has 0 amide bonds. The molecule has 1 saturated heterocycles. The van der Waals surface area contributed by atoms with Gasteiger partial charge in [0.25, 0.3) is 5.56 Å². The van der Waals surface area contributed by atoms with Crippen molar-refractivity contribution in [2.75, 3.05) is 6.61 Å². The van der Waals surface area contributed by atoms with Crippen molar-refractivity contribution in [1.82, 2.24) is 23.5 Å². The van der Waals surface area contributed by atoms with Gasteiger partial charge in [0.15, 0.2) is 17.4 Å². The Labute approximate surface area is 201 Å². The summed E-state index contributed by atoms with van der Waals surface area (Å²) >= 11 is 0. The molecule has 17 nitrogen and oxygen atoms in total. The van der Waals surface area contributed by atoms with Gasteiger partial charge in [-0.1, -0.05) is 0 Å². The summed E-state index contributed by atoms with van der Waals surface area (Å²) in [6.07, 6.45) is -6.33. The summed E-state index contributed by atoms with van der Waals surface area (Å²) in [7, 11) is -3.32. The topological polar surface area (TPSA) is 257 Å². The fourth-order valence-corrected chi connectivity index (χ4v) is 4.55. The third-order valence-corrected chi connectivity index (χ3v) is 6.55. The number of hydrogen-bond acceptors (Lipinski definition) is 11. The van der Waals surface area contributed by atoms with Crippen LogP contribution in [0.2, 0.25) is 0 Å². The summed E-state index contributed by atoms with van der Waals surface area (Å²) in [6.45, 7) is 0.858. The molecule has 0 aromatic carbocycles. The van der Waals surface area contributed by atoms with Crippen molar-refractivity contribution in [2.24, 2.45) is 12.8 Å². The lowest BCUT2D eigenvalue weighted by atomic mass is 10.1. The van der Waals surface area contributed by atoms with E-state index in [1.807, 2.05) is 0 Å². The molecule has 4 rings (SSSR count). The van der Waals surface area contributed by atoms with Crippen molar-refractivity contribution < 1.29 is 48.8 Å². The largest absolute Gasteiger partial charge is 0.480 e. The Balaban J connectivity index is 1.77. The Morgan fingerprint density at radius 1 is 1.33 bits per heavy atom. The van der Waals surface area contributed by atoms with Gasteiger partial charge >= 0.3 is 13.8 Å². The average molecular weight is 532 g/mol. The molecule has 8 N–H and O–H groups in total. The lowest BCUT2D eigenvalue weighted by molar-refractivity contribution is -0.141. The van der Waals surface area contributed by atoms with Crippen LogP contribution in [0.25, 0.3) is 16.9 Å². The zero-order valence-corrected chi connectivity index (χ0v) is 19.8. The first-order valence-corrected chi connectivity index (χ1v) is 12.1. The van der Waals surface area contributed by atoms with E-state index >= 15 is 0 Å². The zero-order valence-electron chi connectivity index (χ0n) is 18.9. The molecule has 0 aliphatic carbocycles. The van der Waals surface area contributed by atoms with E-state index in [4.69, 9.17) is 25.4 Å². The van der Waals surface area contributed by atoms with Gasteiger partial charge in [0.05, 0.1) is 30.4 Å². The summed E-state index contributed by atoms with van der Waals surface area (Å²) in [6, 6.07) is -1.59. The minimum Gasteiger partial charge on any atom is -0.480 e. The summed E-state index contributed by atoms with van der Waals surface area (Å²) in [4.78, 5) is 50.7. The third-order valence-electron chi connectivity index (χ3n) is 6.07. The maximum atomic E-state index is 13.4. The molecule has 1 fully saturated rings. The molecule has 198 valence electrons. The maximum Gasteiger partial charge on any atom is 0.469 e. The maximum absolute atomic E-state index is 13.4. The van der Waals surface area contributed by atoms with Gasteiger partial charge in [-0.05, 0) is 6.92 Å². The van der Waals surface area contributed by atoms with Crippen molar-refractivity contribution in [3.8, 4) is 0 Å².